The molecule has 0 aliphatic rings. The average Bonchev–Trinajstić information content (AvgIpc) is 2.33. The van der Waals surface area contributed by atoms with Crippen LogP contribution in [0.1, 0.15) is 36.7 Å². The molecule has 0 aliphatic carbocycles. The van der Waals surface area contributed by atoms with E-state index < -0.39 is 6.67 Å². The molecule has 0 fully saturated rings. The van der Waals surface area contributed by atoms with Gasteiger partial charge in [0.15, 0.2) is 5.78 Å². The van der Waals surface area contributed by atoms with Gasteiger partial charge in [0.2, 0.25) is 0 Å². The van der Waals surface area contributed by atoms with E-state index in [1.165, 1.54) is 0 Å². The first-order valence-electron chi connectivity index (χ1n) is 5.82. The van der Waals surface area contributed by atoms with E-state index in [0.29, 0.717) is 11.3 Å². The van der Waals surface area contributed by atoms with Gasteiger partial charge in [-0.25, -0.2) is 4.39 Å². The highest BCUT2D eigenvalue weighted by Crippen LogP contribution is 2.28. The SMILES string of the molecule is CC(C)(C)c1cc(OCCF)cc(C(=O)CBr)c1. The van der Waals surface area contributed by atoms with E-state index in [4.69, 9.17) is 4.74 Å². The molecule has 0 saturated carbocycles. The highest BCUT2D eigenvalue weighted by atomic mass is 79.9. The van der Waals surface area contributed by atoms with Crippen molar-refractivity contribution in [1.29, 1.82) is 0 Å². The van der Waals surface area contributed by atoms with Crippen molar-refractivity contribution in [1.82, 2.24) is 0 Å². The van der Waals surface area contributed by atoms with Crippen molar-refractivity contribution < 1.29 is 13.9 Å². The van der Waals surface area contributed by atoms with Gasteiger partial charge < -0.3 is 4.74 Å². The van der Waals surface area contributed by atoms with Crippen LogP contribution >= 0.6 is 15.9 Å². The number of hydrogen-bond donors (Lipinski definition) is 0. The lowest BCUT2D eigenvalue weighted by Gasteiger charge is -2.21. The molecule has 2 nitrogen and oxygen atoms in total. The summed E-state index contributed by atoms with van der Waals surface area (Å²) in [5.74, 6) is 0.538. The second-order valence-electron chi connectivity index (χ2n) is 5.09. The van der Waals surface area contributed by atoms with E-state index in [0.717, 1.165) is 5.56 Å². The van der Waals surface area contributed by atoms with Gasteiger partial charge in [0.1, 0.15) is 19.0 Å². The van der Waals surface area contributed by atoms with Crippen molar-refractivity contribution in [2.75, 3.05) is 18.6 Å². The van der Waals surface area contributed by atoms with Gasteiger partial charge in [-0.05, 0) is 29.2 Å². The van der Waals surface area contributed by atoms with Crippen molar-refractivity contribution in [3.05, 3.63) is 29.3 Å². The van der Waals surface area contributed by atoms with Crippen molar-refractivity contribution in [2.24, 2.45) is 0 Å². The van der Waals surface area contributed by atoms with Crippen molar-refractivity contribution in [3.63, 3.8) is 0 Å². The maximum atomic E-state index is 12.1. The fourth-order valence-electron chi connectivity index (χ4n) is 1.51. The number of carbonyl (C=O) groups is 1. The van der Waals surface area contributed by atoms with Crippen LogP contribution in [0.3, 0.4) is 0 Å². The summed E-state index contributed by atoms with van der Waals surface area (Å²) in [6, 6.07) is 5.39. The lowest BCUT2D eigenvalue weighted by atomic mass is 9.85. The molecular formula is C14H18BrFO2. The molecule has 0 unspecified atom stereocenters. The second-order valence-corrected chi connectivity index (χ2v) is 5.65. The van der Waals surface area contributed by atoms with Gasteiger partial charge in [-0.2, -0.15) is 0 Å². The monoisotopic (exact) mass is 316 g/mol. The maximum Gasteiger partial charge on any atom is 0.173 e. The fourth-order valence-corrected chi connectivity index (χ4v) is 1.83. The Morgan fingerprint density at radius 1 is 1.33 bits per heavy atom. The third-order valence-corrected chi connectivity index (χ3v) is 3.07. The Morgan fingerprint density at radius 3 is 2.50 bits per heavy atom. The summed E-state index contributed by atoms with van der Waals surface area (Å²) in [5.41, 5.74) is 1.51. The number of carbonyl (C=O) groups excluding carboxylic acids is 1. The van der Waals surface area contributed by atoms with Gasteiger partial charge in [0.25, 0.3) is 0 Å². The molecule has 100 valence electrons. The van der Waals surface area contributed by atoms with E-state index >= 15 is 0 Å². The number of Topliss-reactive ketones (excluding diaryl/α,β-unsaturated/α-hetero) is 1. The zero-order valence-electron chi connectivity index (χ0n) is 10.9. The Bertz CT molecular complexity index is 424. The Kier molecular flexibility index (Phi) is 5.32. The summed E-state index contributed by atoms with van der Waals surface area (Å²) >= 11 is 3.15. The fraction of sp³-hybridized carbons (Fsp3) is 0.500. The molecule has 0 aliphatic heterocycles. The van der Waals surface area contributed by atoms with Crippen LogP contribution in [0.5, 0.6) is 5.75 Å². The molecule has 0 aromatic heterocycles. The van der Waals surface area contributed by atoms with Gasteiger partial charge in [-0.15, -0.1) is 0 Å². The molecule has 18 heavy (non-hydrogen) atoms. The minimum absolute atomic E-state index is 0.00815. The van der Waals surface area contributed by atoms with E-state index in [2.05, 4.69) is 36.7 Å². The molecule has 1 aromatic carbocycles. The molecule has 1 aromatic rings. The van der Waals surface area contributed by atoms with Gasteiger partial charge in [0.05, 0.1) is 5.33 Å². The summed E-state index contributed by atoms with van der Waals surface area (Å²) in [5, 5.41) is 0.267. The van der Waals surface area contributed by atoms with Crippen molar-refractivity contribution in [3.8, 4) is 5.75 Å². The minimum atomic E-state index is -0.540. The normalized spacial score (nSPS) is 11.4. The Morgan fingerprint density at radius 2 is 2.00 bits per heavy atom. The number of ether oxygens (including phenoxy) is 1. The van der Waals surface area contributed by atoms with E-state index in [1.807, 2.05) is 12.1 Å². The molecule has 0 spiro atoms. The number of rotatable bonds is 5. The lowest BCUT2D eigenvalue weighted by molar-refractivity contribution is 0.102. The summed E-state index contributed by atoms with van der Waals surface area (Å²) in [6.45, 7) is 5.65. The van der Waals surface area contributed by atoms with Gasteiger partial charge in [0, 0.05) is 5.56 Å². The van der Waals surface area contributed by atoms with E-state index in [9.17, 15) is 9.18 Å². The van der Waals surface area contributed by atoms with Crippen LogP contribution in [-0.2, 0) is 5.41 Å². The smallest absolute Gasteiger partial charge is 0.173 e. The molecule has 0 N–H and O–H groups in total. The molecule has 0 bridgehead atoms. The molecule has 0 saturated heterocycles. The van der Waals surface area contributed by atoms with E-state index in [-0.39, 0.29) is 23.1 Å². The minimum Gasteiger partial charge on any atom is -0.491 e. The zero-order valence-corrected chi connectivity index (χ0v) is 12.5. The predicted octanol–water partition coefficient (Wildman–Crippen LogP) is 3.91. The highest BCUT2D eigenvalue weighted by Gasteiger charge is 2.17. The third-order valence-electron chi connectivity index (χ3n) is 2.56. The zero-order chi connectivity index (χ0) is 13.8. The van der Waals surface area contributed by atoms with Crippen LogP contribution in [0.4, 0.5) is 4.39 Å². The molecule has 0 heterocycles. The summed E-state index contributed by atoms with van der Waals surface area (Å²) in [7, 11) is 0. The quantitative estimate of drug-likeness (QED) is 0.608. The Balaban J connectivity index is 3.16. The van der Waals surface area contributed by atoms with E-state index in [1.54, 1.807) is 6.07 Å². The van der Waals surface area contributed by atoms with Crippen LogP contribution in [-0.4, -0.2) is 24.4 Å². The van der Waals surface area contributed by atoms with Crippen LogP contribution in [0.15, 0.2) is 18.2 Å². The third kappa shape index (κ3) is 4.09. The second kappa shape index (κ2) is 6.32. The van der Waals surface area contributed by atoms with Crippen LogP contribution in [0, 0.1) is 0 Å². The summed E-state index contributed by atoms with van der Waals surface area (Å²) in [4.78, 5) is 11.7. The van der Waals surface area contributed by atoms with Crippen LogP contribution < -0.4 is 4.74 Å². The largest absolute Gasteiger partial charge is 0.491 e. The summed E-state index contributed by atoms with van der Waals surface area (Å²) in [6.07, 6.45) is 0. The molecule has 0 atom stereocenters. The van der Waals surface area contributed by atoms with Gasteiger partial charge in [-0.3, -0.25) is 4.79 Å². The number of halogens is 2. The first-order valence-corrected chi connectivity index (χ1v) is 6.94. The number of ketones is 1. The Hall–Kier alpha value is -0.900. The number of hydrogen-bond acceptors (Lipinski definition) is 2. The molecule has 1 rings (SSSR count). The van der Waals surface area contributed by atoms with Crippen LogP contribution in [0.2, 0.25) is 0 Å². The topological polar surface area (TPSA) is 26.3 Å². The maximum absolute atomic E-state index is 12.1. The standard InChI is InChI=1S/C14H18BrFO2/c1-14(2,3)11-6-10(13(17)9-15)7-12(8-11)18-5-4-16/h6-8H,4-5,9H2,1-3H3. The van der Waals surface area contributed by atoms with Gasteiger partial charge >= 0.3 is 0 Å². The lowest BCUT2D eigenvalue weighted by Crippen LogP contribution is -2.13. The number of benzene rings is 1. The summed E-state index contributed by atoms with van der Waals surface area (Å²) < 4.78 is 17.4. The molecule has 0 amide bonds. The van der Waals surface area contributed by atoms with Crippen molar-refractivity contribution in [2.45, 2.75) is 26.2 Å². The predicted molar refractivity (Wildman–Crippen MR) is 74.7 cm³/mol. The Labute approximate surface area is 116 Å². The molecule has 0 radical (unpaired) electrons. The van der Waals surface area contributed by atoms with Crippen molar-refractivity contribution >= 4 is 21.7 Å². The molecule has 4 heteroatoms. The van der Waals surface area contributed by atoms with Gasteiger partial charge in [-0.1, -0.05) is 36.7 Å². The first-order chi connectivity index (χ1) is 8.38. The molecular weight excluding hydrogens is 299 g/mol. The number of alkyl halides is 2. The van der Waals surface area contributed by atoms with Crippen LogP contribution in [0.25, 0.3) is 0 Å². The highest BCUT2D eigenvalue weighted by molar-refractivity contribution is 9.09. The average molecular weight is 317 g/mol. The first kappa shape index (κ1) is 15.2.